The van der Waals surface area contributed by atoms with Crippen molar-refractivity contribution in [3.05, 3.63) is 52.1 Å². The third-order valence-electron chi connectivity index (χ3n) is 3.56. The van der Waals surface area contributed by atoms with Gasteiger partial charge >= 0.3 is 0 Å². The minimum Gasteiger partial charge on any atom is -0.493 e. The van der Waals surface area contributed by atoms with Crippen molar-refractivity contribution in [2.45, 2.75) is 13.0 Å². The first-order valence-electron chi connectivity index (χ1n) is 7.22. The van der Waals surface area contributed by atoms with Crippen LogP contribution in [0.2, 0.25) is 0 Å². The Morgan fingerprint density at radius 1 is 1.26 bits per heavy atom. The minimum absolute atomic E-state index is 0.651. The van der Waals surface area contributed by atoms with Crippen molar-refractivity contribution in [2.75, 3.05) is 11.9 Å². The van der Waals surface area contributed by atoms with Gasteiger partial charge in [-0.3, -0.25) is 4.98 Å². The summed E-state index contributed by atoms with van der Waals surface area (Å²) in [4.78, 5) is 4.29. The van der Waals surface area contributed by atoms with Crippen LogP contribution in [0.4, 0.5) is 5.13 Å². The molecule has 0 spiro atoms. The molecule has 7 heteroatoms. The molecule has 1 aliphatic rings. The number of ether oxygens (including phenoxy) is 1. The second kappa shape index (κ2) is 6.25. The van der Waals surface area contributed by atoms with Crippen LogP contribution in [0.3, 0.4) is 0 Å². The van der Waals surface area contributed by atoms with E-state index in [0.717, 1.165) is 44.6 Å². The lowest BCUT2D eigenvalue weighted by Crippen LogP contribution is -2.01. The predicted molar refractivity (Wildman–Crippen MR) is 93.8 cm³/mol. The van der Waals surface area contributed by atoms with Crippen LogP contribution in [0.15, 0.2) is 41.0 Å². The van der Waals surface area contributed by atoms with Crippen LogP contribution in [0.5, 0.6) is 5.75 Å². The Balaban J connectivity index is 1.51. The lowest BCUT2D eigenvalue weighted by Gasteiger charge is -2.09. The summed E-state index contributed by atoms with van der Waals surface area (Å²) < 4.78 is 6.82. The third kappa shape index (κ3) is 3.07. The van der Waals surface area contributed by atoms with Gasteiger partial charge in [-0.05, 0) is 29.8 Å². The fraction of sp³-hybridized carbons (Fsp3) is 0.188. The zero-order valence-electron chi connectivity index (χ0n) is 12.1. The molecule has 0 atom stereocenters. The maximum atomic E-state index is 5.74. The Kier molecular flexibility index (Phi) is 3.97. The summed E-state index contributed by atoms with van der Waals surface area (Å²) in [5.41, 5.74) is 3.22. The van der Waals surface area contributed by atoms with E-state index in [1.807, 2.05) is 18.2 Å². The average molecular weight is 389 g/mol. The highest BCUT2D eigenvalue weighted by molar-refractivity contribution is 9.10. The van der Waals surface area contributed by atoms with Gasteiger partial charge in [0.1, 0.15) is 11.4 Å². The molecule has 0 aliphatic carbocycles. The predicted octanol–water partition coefficient (Wildman–Crippen LogP) is 3.91. The summed E-state index contributed by atoms with van der Waals surface area (Å²) >= 11 is 5.05. The molecule has 1 aliphatic heterocycles. The van der Waals surface area contributed by atoms with E-state index in [0.29, 0.717) is 6.54 Å². The Labute approximate surface area is 145 Å². The zero-order valence-corrected chi connectivity index (χ0v) is 14.5. The number of halogens is 1. The number of rotatable bonds is 4. The first kappa shape index (κ1) is 14.6. The van der Waals surface area contributed by atoms with Crippen molar-refractivity contribution in [3.8, 4) is 16.5 Å². The molecular weight excluding hydrogens is 376 g/mol. The molecular formula is C16H13BrN4OS. The highest BCUT2D eigenvalue weighted by atomic mass is 79.9. The van der Waals surface area contributed by atoms with Gasteiger partial charge in [0.25, 0.3) is 0 Å². The molecule has 1 aromatic carbocycles. The van der Waals surface area contributed by atoms with Crippen molar-refractivity contribution in [3.63, 3.8) is 0 Å². The Hall–Kier alpha value is -1.99. The van der Waals surface area contributed by atoms with Crippen molar-refractivity contribution in [2.24, 2.45) is 0 Å². The lowest BCUT2D eigenvalue weighted by atomic mass is 10.1. The minimum atomic E-state index is 0.651. The van der Waals surface area contributed by atoms with Gasteiger partial charge in [0.15, 0.2) is 5.01 Å². The van der Waals surface area contributed by atoms with E-state index in [1.165, 1.54) is 16.9 Å². The number of pyridine rings is 1. The van der Waals surface area contributed by atoms with Gasteiger partial charge in [-0.1, -0.05) is 33.3 Å². The molecule has 5 nitrogen and oxygen atoms in total. The molecule has 0 bridgehead atoms. The highest BCUT2D eigenvalue weighted by Gasteiger charge is 2.17. The molecule has 0 saturated carbocycles. The Morgan fingerprint density at radius 3 is 3.09 bits per heavy atom. The Bertz CT molecular complexity index is 837. The van der Waals surface area contributed by atoms with Crippen LogP contribution in [-0.2, 0) is 13.0 Å². The maximum Gasteiger partial charge on any atom is 0.206 e. The molecule has 2 aromatic heterocycles. The molecule has 0 saturated heterocycles. The summed E-state index contributed by atoms with van der Waals surface area (Å²) in [6.07, 6.45) is 2.72. The summed E-state index contributed by atoms with van der Waals surface area (Å²) in [6, 6.07) is 9.96. The normalized spacial score (nSPS) is 12.7. The summed E-state index contributed by atoms with van der Waals surface area (Å²) in [6.45, 7) is 1.40. The van der Waals surface area contributed by atoms with E-state index in [1.54, 1.807) is 6.20 Å². The van der Waals surface area contributed by atoms with Gasteiger partial charge < -0.3 is 10.1 Å². The standard InChI is InChI=1S/C16H13BrN4OS/c17-12-7-10-4-6-22-14(10)11(8-12)9-19-16-21-20-15(23-16)13-3-1-2-5-18-13/h1-3,5,7-8H,4,6,9H2,(H,19,21). The highest BCUT2D eigenvalue weighted by Crippen LogP contribution is 2.34. The molecule has 0 radical (unpaired) electrons. The fourth-order valence-electron chi connectivity index (χ4n) is 2.54. The first-order valence-corrected chi connectivity index (χ1v) is 8.83. The van der Waals surface area contributed by atoms with Crippen molar-refractivity contribution < 1.29 is 4.74 Å². The smallest absolute Gasteiger partial charge is 0.206 e. The van der Waals surface area contributed by atoms with Gasteiger partial charge in [0.2, 0.25) is 5.13 Å². The topological polar surface area (TPSA) is 59.9 Å². The number of fused-ring (bicyclic) bond motifs is 1. The Morgan fingerprint density at radius 2 is 2.22 bits per heavy atom. The van der Waals surface area contributed by atoms with Crippen molar-refractivity contribution in [1.29, 1.82) is 0 Å². The fourth-order valence-corrected chi connectivity index (χ4v) is 3.80. The van der Waals surface area contributed by atoms with Gasteiger partial charge in [-0.2, -0.15) is 0 Å². The maximum absolute atomic E-state index is 5.74. The summed E-state index contributed by atoms with van der Waals surface area (Å²) in [5, 5.41) is 13.3. The van der Waals surface area contributed by atoms with Crippen LogP contribution in [0.25, 0.3) is 10.7 Å². The lowest BCUT2D eigenvalue weighted by molar-refractivity contribution is 0.354. The van der Waals surface area contributed by atoms with E-state index < -0.39 is 0 Å². The second-order valence-corrected chi connectivity index (χ2v) is 7.03. The van der Waals surface area contributed by atoms with Crippen LogP contribution >= 0.6 is 27.3 Å². The molecule has 4 rings (SSSR count). The number of nitrogens with one attached hydrogen (secondary N) is 1. The SMILES string of the molecule is Brc1cc2c(c(CNc3nnc(-c4ccccn4)s3)c1)OCC2. The first-order chi connectivity index (χ1) is 11.3. The monoisotopic (exact) mass is 388 g/mol. The van der Waals surface area contributed by atoms with E-state index in [9.17, 15) is 0 Å². The van der Waals surface area contributed by atoms with Gasteiger partial charge in [-0.25, -0.2) is 0 Å². The van der Waals surface area contributed by atoms with Gasteiger partial charge in [-0.15, -0.1) is 10.2 Å². The van der Waals surface area contributed by atoms with Crippen LogP contribution in [-0.4, -0.2) is 21.8 Å². The van der Waals surface area contributed by atoms with Crippen molar-refractivity contribution in [1.82, 2.24) is 15.2 Å². The largest absolute Gasteiger partial charge is 0.493 e. The van der Waals surface area contributed by atoms with Crippen molar-refractivity contribution >= 4 is 32.4 Å². The molecule has 3 heterocycles. The zero-order chi connectivity index (χ0) is 15.6. The number of anilines is 1. The molecule has 0 amide bonds. The van der Waals surface area contributed by atoms with E-state index in [4.69, 9.17) is 4.74 Å². The van der Waals surface area contributed by atoms with Crippen LogP contribution in [0, 0.1) is 0 Å². The molecule has 23 heavy (non-hydrogen) atoms. The molecule has 0 fully saturated rings. The quantitative estimate of drug-likeness (QED) is 0.733. The number of aromatic nitrogens is 3. The number of nitrogens with zero attached hydrogens (tertiary/aromatic N) is 3. The van der Waals surface area contributed by atoms with E-state index >= 15 is 0 Å². The molecule has 116 valence electrons. The number of hydrogen-bond donors (Lipinski definition) is 1. The third-order valence-corrected chi connectivity index (χ3v) is 4.93. The van der Waals surface area contributed by atoms with E-state index in [2.05, 4.69) is 48.6 Å². The van der Waals surface area contributed by atoms with Gasteiger partial charge in [0.05, 0.1) is 6.61 Å². The van der Waals surface area contributed by atoms with Gasteiger partial charge in [0, 0.05) is 29.2 Å². The van der Waals surface area contributed by atoms with Crippen LogP contribution < -0.4 is 10.1 Å². The van der Waals surface area contributed by atoms with Crippen LogP contribution in [0.1, 0.15) is 11.1 Å². The molecule has 1 N–H and O–H groups in total. The molecule has 0 unspecified atom stereocenters. The average Bonchev–Trinajstić information content (AvgIpc) is 3.22. The number of benzene rings is 1. The molecule has 3 aromatic rings. The van der Waals surface area contributed by atoms with E-state index in [-0.39, 0.29) is 0 Å². The number of hydrogen-bond acceptors (Lipinski definition) is 6. The summed E-state index contributed by atoms with van der Waals surface area (Å²) in [5.74, 6) is 0.996. The second-order valence-electron chi connectivity index (χ2n) is 5.13. The summed E-state index contributed by atoms with van der Waals surface area (Å²) in [7, 11) is 0.